The molecule has 7 heteroatoms. The van der Waals surface area contributed by atoms with E-state index in [1.807, 2.05) is 19.1 Å². The van der Waals surface area contributed by atoms with Gasteiger partial charge in [-0.3, -0.25) is 9.69 Å². The highest BCUT2D eigenvalue weighted by Gasteiger charge is 2.36. The monoisotopic (exact) mass is 474 g/mol. The number of aryl methyl sites for hydroxylation is 1. The number of Topliss-reactive ketones (excluding diaryl/α,β-unsaturated/α-hetero) is 1. The summed E-state index contributed by atoms with van der Waals surface area (Å²) in [7, 11) is 1.31. The third kappa shape index (κ3) is 4.45. The Morgan fingerprint density at radius 1 is 0.882 bits per heavy atom. The highest BCUT2D eigenvalue weighted by atomic mass is 35.5. The fourth-order valence-corrected chi connectivity index (χ4v) is 4.10. The average molecular weight is 475 g/mol. The number of ketones is 1. The molecule has 1 aliphatic rings. The summed E-state index contributed by atoms with van der Waals surface area (Å²) in [6.07, 6.45) is 0. The number of methoxy groups -OCH3 is 1. The Balaban J connectivity index is 1.84. The van der Waals surface area contributed by atoms with Gasteiger partial charge >= 0.3 is 12.0 Å². The van der Waals surface area contributed by atoms with Crippen molar-refractivity contribution in [1.82, 2.24) is 5.32 Å². The number of halogens is 1. The molecule has 1 aliphatic heterocycles. The van der Waals surface area contributed by atoms with Crippen molar-refractivity contribution in [1.29, 1.82) is 0 Å². The number of carbonyl (C=O) groups excluding carboxylic acids is 3. The lowest BCUT2D eigenvalue weighted by Gasteiger charge is -2.36. The highest BCUT2D eigenvalue weighted by molar-refractivity contribution is 6.30. The lowest BCUT2D eigenvalue weighted by Crippen LogP contribution is -2.48. The van der Waals surface area contributed by atoms with E-state index >= 15 is 0 Å². The lowest BCUT2D eigenvalue weighted by atomic mass is 9.88. The Bertz CT molecular complexity index is 1280. The minimum atomic E-state index is -0.698. The zero-order valence-corrected chi connectivity index (χ0v) is 19.7. The molecule has 2 amide bonds. The van der Waals surface area contributed by atoms with Gasteiger partial charge in [-0.25, -0.2) is 9.59 Å². The van der Waals surface area contributed by atoms with Crippen molar-refractivity contribution in [2.45, 2.75) is 19.9 Å². The number of rotatable bonds is 5. The van der Waals surface area contributed by atoms with Gasteiger partial charge in [0, 0.05) is 21.9 Å². The Labute approximate surface area is 202 Å². The average Bonchev–Trinajstić information content (AvgIpc) is 2.84. The fourth-order valence-electron chi connectivity index (χ4n) is 3.98. The van der Waals surface area contributed by atoms with Crippen LogP contribution in [-0.4, -0.2) is 24.9 Å². The molecule has 3 aromatic carbocycles. The van der Waals surface area contributed by atoms with Gasteiger partial charge < -0.3 is 10.1 Å². The van der Waals surface area contributed by atoms with Gasteiger partial charge in [0.25, 0.3) is 0 Å². The standard InChI is InChI=1S/C27H23ClN2O4/c1-16-4-6-19(7-5-16)25(31)23-17(2)30(22-14-12-21(28)13-15-22)27(33)29-24(23)18-8-10-20(11-9-18)26(32)34-3/h4-15,24H,1-3H3,(H,29,33). The van der Waals surface area contributed by atoms with Crippen molar-refractivity contribution in [2.24, 2.45) is 0 Å². The van der Waals surface area contributed by atoms with Crippen LogP contribution in [0.1, 0.15) is 44.8 Å². The highest BCUT2D eigenvalue weighted by Crippen LogP contribution is 2.35. The minimum Gasteiger partial charge on any atom is -0.465 e. The predicted octanol–water partition coefficient (Wildman–Crippen LogP) is 5.86. The van der Waals surface area contributed by atoms with Crippen molar-refractivity contribution in [2.75, 3.05) is 12.0 Å². The second kappa shape index (κ2) is 9.53. The van der Waals surface area contributed by atoms with Gasteiger partial charge in [0.1, 0.15) is 0 Å². The van der Waals surface area contributed by atoms with Crippen LogP contribution in [0.15, 0.2) is 84.1 Å². The fraction of sp³-hybridized carbons (Fsp3) is 0.148. The zero-order valence-electron chi connectivity index (χ0n) is 19.0. The van der Waals surface area contributed by atoms with E-state index < -0.39 is 12.0 Å². The van der Waals surface area contributed by atoms with Crippen molar-refractivity contribution in [3.8, 4) is 0 Å². The number of esters is 1. The quantitative estimate of drug-likeness (QED) is 0.371. The van der Waals surface area contributed by atoms with Crippen LogP contribution in [0.25, 0.3) is 0 Å². The van der Waals surface area contributed by atoms with Gasteiger partial charge in [-0.1, -0.05) is 53.6 Å². The van der Waals surface area contributed by atoms with Gasteiger partial charge in [-0.05, 0) is 55.8 Å². The molecule has 172 valence electrons. The molecule has 1 N–H and O–H groups in total. The van der Waals surface area contributed by atoms with Crippen LogP contribution in [0.4, 0.5) is 10.5 Å². The molecule has 3 aromatic rings. The first-order valence-electron chi connectivity index (χ1n) is 10.7. The summed E-state index contributed by atoms with van der Waals surface area (Å²) in [5, 5.41) is 3.50. The number of benzene rings is 3. The number of hydrogen-bond donors (Lipinski definition) is 1. The second-order valence-corrected chi connectivity index (χ2v) is 8.44. The number of hydrogen-bond acceptors (Lipinski definition) is 4. The third-order valence-electron chi connectivity index (χ3n) is 5.79. The molecule has 0 fully saturated rings. The summed E-state index contributed by atoms with van der Waals surface area (Å²) in [5.41, 5.74) is 4.14. The number of nitrogens with one attached hydrogen (secondary N) is 1. The Morgan fingerprint density at radius 3 is 2.06 bits per heavy atom. The maximum absolute atomic E-state index is 13.7. The first-order chi connectivity index (χ1) is 16.3. The molecule has 0 radical (unpaired) electrons. The second-order valence-electron chi connectivity index (χ2n) is 8.00. The third-order valence-corrected chi connectivity index (χ3v) is 6.05. The van der Waals surface area contributed by atoms with Crippen LogP contribution in [0.5, 0.6) is 0 Å². The number of urea groups is 1. The van der Waals surface area contributed by atoms with Crippen LogP contribution in [0, 0.1) is 6.92 Å². The molecule has 0 aromatic heterocycles. The Morgan fingerprint density at radius 2 is 1.47 bits per heavy atom. The van der Waals surface area contributed by atoms with Crippen LogP contribution >= 0.6 is 11.6 Å². The number of allylic oxidation sites excluding steroid dienone is 1. The normalized spacial score (nSPS) is 15.7. The molecular weight excluding hydrogens is 452 g/mol. The Hall–Kier alpha value is -3.90. The van der Waals surface area contributed by atoms with Gasteiger partial charge in [0.15, 0.2) is 5.78 Å². The van der Waals surface area contributed by atoms with E-state index in [9.17, 15) is 14.4 Å². The maximum atomic E-state index is 13.7. The molecule has 4 rings (SSSR count). The largest absolute Gasteiger partial charge is 0.465 e. The molecule has 0 aliphatic carbocycles. The predicted molar refractivity (Wildman–Crippen MR) is 131 cm³/mol. The summed E-state index contributed by atoms with van der Waals surface area (Å²) in [6.45, 7) is 3.71. The molecule has 0 bridgehead atoms. The van der Waals surface area contributed by atoms with Crippen molar-refractivity contribution in [3.63, 3.8) is 0 Å². The molecule has 0 saturated heterocycles. The maximum Gasteiger partial charge on any atom is 0.337 e. The SMILES string of the molecule is COC(=O)c1ccc(C2NC(=O)N(c3ccc(Cl)cc3)C(C)=C2C(=O)c2ccc(C)cc2)cc1. The van der Waals surface area contributed by atoms with Gasteiger partial charge in [-0.15, -0.1) is 0 Å². The van der Waals surface area contributed by atoms with E-state index in [2.05, 4.69) is 5.32 Å². The number of amides is 2. The van der Waals surface area contributed by atoms with Crippen molar-refractivity contribution < 1.29 is 19.1 Å². The van der Waals surface area contributed by atoms with Gasteiger partial charge in [0.2, 0.25) is 0 Å². The molecule has 34 heavy (non-hydrogen) atoms. The van der Waals surface area contributed by atoms with E-state index in [1.54, 1.807) is 67.6 Å². The summed E-state index contributed by atoms with van der Waals surface area (Å²) in [5.74, 6) is -0.658. The molecular formula is C27H23ClN2O4. The smallest absolute Gasteiger partial charge is 0.337 e. The summed E-state index contributed by atoms with van der Waals surface area (Å²) < 4.78 is 4.77. The Kier molecular flexibility index (Phi) is 6.52. The molecule has 6 nitrogen and oxygen atoms in total. The van der Waals surface area contributed by atoms with Crippen LogP contribution < -0.4 is 10.2 Å². The van der Waals surface area contributed by atoms with E-state index in [-0.39, 0.29) is 11.8 Å². The van der Waals surface area contributed by atoms with Gasteiger partial charge in [-0.2, -0.15) is 0 Å². The van der Waals surface area contributed by atoms with Crippen LogP contribution in [0.3, 0.4) is 0 Å². The van der Waals surface area contributed by atoms with Gasteiger partial charge in [0.05, 0.1) is 24.4 Å². The van der Waals surface area contributed by atoms with Crippen molar-refractivity contribution in [3.05, 3.63) is 111 Å². The number of nitrogens with zero attached hydrogens (tertiary/aromatic N) is 1. The number of carbonyl (C=O) groups is 3. The molecule has 1 heterocycles. The van der Waals surface area contributed by atoms with Crippen LogP contribution in [-0.2, 0) is 4.74 Å². The topological polar surface area (TPSA) is 75.7 Å². The summed E-state index contributed by atoms with van der Waals surface area (Å²) in [4.78, 5) is 40.3. The van der Waals surface area contributed by atoms with E-state index in [1.165, 1.54) is 12.0 Å². The number of anilines is 1. The van der Waals surface area contributed by atoms with Crippen LogP contribution in [0.2, 0.25) is 5.02 Å². The van der Waals surface area contributed by atoms with E-state index in [0.717, 1.165) is 5.56 Å². The first kappa shape index (κ1) is 23.3. The van der Waals surface area contributed by atoms with E-state index in [4.69, 9.17) is 16.3 Å². The lowest BCUT2D eigenvalue weighted by molar-refractivity contribution is 0.0600. The zero-order chi connectivity index (χ0) is 24.4. The number of ether oxygens (including phenoxy) is 1. The summed E-state index contributed by atoms with van der Waals surface area (Å²) in [6, 6.07) is 19.7. The van der Waals surface area contributed by atoms with Crippen molar-refractivity contribution >= 4 is 35.1 Å². The molecule has 0 saturated carbocycles. The molecule has 1 unspecified atom stereocenters. The summed E-state index contributed by atoms with van der Waals surface area (Å²) >= 11 is 6.03. The minimum absolute atomic E-state index is 0.196. The molecule has 1 atom stereocenters. The molecule has 0 spiro atoms. The van der Waals surface area contributed by atoms with E-state index in [0.29, 0.717) is 38.7 Å². The first-order valence-corrected chi connectivity index (χ1v) is 11.0.